The number of benzene rings is 1. The maximum absolute atomic E-state index is 11.7. The fourth-order valence-corrected chi connectivity index (χ4v) is 1.41. The van der Waals surface area contributed by atoms with E-state index < -0.39 is 6.04 Å². The Balaban J connectivity index is 2.60. The van der Waals surface area contributed by atoms with Gasteiger partial charge in [0.05, 0.1) is 6.04 Å². The third-order valence-corrected chi connectivity index (χ3v) is 2.64. The molecule has 0 spiro atoms. The average molecular weight is 236 g/mol. The molecule has 0 saturated heterocycles. The third-order valence-electron chi connectivity index (χ3n) is 2.64. The highest BCUT2D eigenvalue weighted by molar-refractivity contribution is 5.94. The van der Waals surface area contributed by atoms with Crippen LogP contribution in [0, 0.1) is 5.92 Å². The molecule has 1 amide bonds. The van der Waals surface area contributed by atoms with Crippen LogP contribution < -0.4 is 11.1 Å². The molecule has 1 rings (SSSR count). The van der Waals surface area contributed by atoms with Crippen molar-refractivity contribution in [3.63, 3.8) is 0 Å². The van der Waals surface area contributed by atoms with Gasteiger partial charge in [0.1, 0.15) is 0 Å². The van der Waals surface area contributed by atoms with Gasteiger partial charge in [0.15, 0.2) is 0 Å². The summed E-state index contributed by atoms with van der Waals surface area (Å²) in [6.07, 6.45) is 0.625. The second-order valence-electron chi connectivity index (χ2n) is 4.43. The number of rotatable bonds is 5. The van der Waals surface area contributed by atoms with Gasteiger partial charge in [0.25, 0.3) is 0 Å². The summed E-state index contributed by atoms with van der Waals surface area (Å²) in [5, 5.41) is 11.5. The van der Waals surface area contributed by atoms with E-state index in [0.29, 0.717) is 6.42 Å². The predicted octanol–water partition coefficient (Wildman–Crippen LogP) is 1.14. The highest BCUT2D eigenvalue weighted by atomic mass is 16.2. The first kappa shape index (κ1) is 13.7. The van der Waals surface area contributed by atoms with E-state index in [2.05, 4.69) is 5.32 Å². The van der Waals surface area contributed by atoms with Crippen molar-refractivity contribution in [2.45, 2.75) is 26.3 Å². The number of carbonyl (C=O) groups excluding carboxylic acids is 1. The van der Waals surface area contributed by atoms with Crippen LogP contribution >= 0.6 is 0 Å². The van der Waals surface area contributed by atoms with Gasteiger partial charge in [-0.3, -0.25) is 4.79 Å². The van der Waals surface area contributed by atoms with Gasteiger partial charge in [-0.05, 0) is 30.0 Å². The average Bonchev–Trinajstić information content (AvgIpc) is 2.30. The topological polar surface area (TPSA) is 75.4 Å². The normalized spacial score (nSPS) is 12.5. The monoisotopic (exact) mass is 236 g/mol. The summed E-state index contributed by atoms with van der Waals surface area (Å²) in [5.41, 5.74) is 7.51. The number of carbonyl (C=O) groups is 1. The number of hydrogen-bond acceptors (Lipinski definition) is 3. The van der Waals surface area contributed by atoms with Crippen LogP contribution in [0.1, 0.15) is 19.4 Å². The maximum Gasteiger partial charge on any atom is 0.241 e. The van der Waals surface area contributed by atoms with Gasteiger partial charge in [0, 0.05) is 12.3 Å². The molecular formula is C13H20N2O2. The van der Waals surface area contributed by atoms with E-state index in [-0.39, 0.29) is 18.4 Å². The molecule has 1 aromatic carbocycles. The molecule has 0 heterocycles. The summed E-state index contributed by atoms with van der Waals surface area (Å²) in [4.78, 5) is 11.7. The standard InChI is InChI=1S/C13H20N2O2/c1-9(2)12(14)13(17)15-11-5-3-10(4-6-11)7-8-16/h3-6,9,12,16H,7-8,14H2,1-2H3,(H,15,17)/t12-/m0/s1. The first-order valence-electron chi connectivity index (χ1n) is 5.81. The van der Waals surface area contributed by atoms with Crippen molar-refractivity contribution in [1.82, 2.24) is 0 Å². The molecule has 0 saturated carbocycles. The number of aliphatic hydroxyl groups is 1. The summed E-state index contributed by atoms with van der Waals surface area (Å²) < 4.78 is 0. The minimum Gasteiger partial charge on any atom is -0.396 e. The van der Waals surface area contributed by atoms with E-state index in [4.69, 9.17) is 10.8 Å². The Kier molecular flexibility index (Phi) is 5.12. The Bertz CT molecular complexity index is 360. The van der Waals surface area contributed by atoms with Crippen LogP contribution in [0.15, 0.2) is 24.3 Å². The number of nitrogens with two attached hydrogens (primary N) is 1. The molecule has 0 bridgehead atoms. The van der Waals surface area contributed by atoms with Crippen LogP contribution in [0.2, 0.25) is 0 Å². The van der Waals surface area contributed by atoms with Crippen LogP contribution in [0.25, 0.3) is 0 Å². The quantitative estimate of drug-likeness (QED) is 0.717. The molecule has 0 aliphatic carbocycles. The second kappa shape index (κ2) is 6.37. The van der Waals surface area contributed by atoms with Gasteiger partial charge in [-0.25, -0.2) is 0 Å². The largest absolute Gasteiger partial charge is 0.396 e. The highest BCUT2D eigenvalue weighted by Gasteiger charge is 2.16. The van der Waals surface area contributed by atoms with E-state index in [1.165, 1.54) is 0 Å². The minimum absolute atomic E-state index is 0.115. The summed E-state index contributed by atoms with van der Waals surface area (Å²) in [6.45, 7) is 3.95. The molecular weight excluding hydrogens is 216 g/mol. The second-order valence-corrected chi connectivity index (χ2v) is 4.43. The number of hydrogen-bond donors (Lipinski definition) is 3. The third kappa shape index (κ3) is 4.17. The molecule has 0 fully saturated rings. The molecule has 4 N–H and O–H groups in total. The van der Waals surface area contributed by atoms with Crippen LogP contribution in [0.5, 0.6) is 0 Å². The van der Waals surface area contributed by atoms with Crippen molar-refractivity contribution < 1.29 is 9.90 Å². The van der Waals surface area contributed by atoms with Crippen molar-refractivity contribution in [1.29, 1.82) is 0 Å². The Hall–Kier alpha value is -1.39. The molecule has 4 heteroatoms. The number of anilines is 1. The van der Waals surface area contributed by atoms with Crippen LogP contribution in [-0.4, -0.2) is 23.7 Å². The minimum atomic E-state index is -0.493. The van der Waals surface area contributed by atoms with Gasteiger partial charge in [-0.1, -0.05) is 26.0 Å². The molecule has 0 radical (unpaired) electrons. The lowest BCUT2D eigenvalue weighted by Crippen LogP contribution is -2.39. The highest BCUT2D eigenvalue weighted by Crippen LogP contribution is 2.11. The first-order valence-corrected chi connectivity index (χ1v) is 5.81. The van der Waals surface area contributed by atoms with Gasteiger partial charge >= 0.3 is 0 Å². The Morgan fingerprint density at radius 2 is 1.94 bits per heavy atom. The molecule has 1 aromatic rings. The van der Waals surface area contributed by atoms with Crippen molar-refractivity contribution >= 4 is 11.6 Å². The zero-order valence-electron chi connectivity index (χ0n) is 10.3. The van der Waals surface area contributed by atoms with E-state index >= 15 is 0 Å². The number of amides is 1. The number of nitrogens with one attached hydrogen (secondary N) is 1. The summed E-state index contributed by atoms with van der Waals surface area (Å²) in [6, 6.07) is 6.90. The van der Waals surface area contributed by atoms with Crippen molar-refractivity contribution in [3.8, 4) is 0 Å². The van der Waals surface area contributed by atoms with Crippen molar-refractivity contribution in [2.75, 3.05) is 11.9 Å². The van der Waals surface area contributed by atoms with Gasteiger partial charge in [0.2, 0.25) is 5.91 Å². The van der Waals surface area contributed by atoms with Crippen molar-refractivity contribution in [2.24, 2.45) is 11.7 Å². The van der Waals surface area contributed by atoms with Gasteiger partial charge in [-0.15, -0.1) is 0 Å². The van der Waals surface area contributed by atoms with Crippen LogP contribution in [0.3, 0.4) is 0 Å². The fraction of sp³-hybridized carbons (Fsp3) is 0.462. The van der Waals surface area contributed by atoms with E-state index in [9.17, 15) is 4.79 Å². The lowest BCUT2D eigenvalue weighted by molar-refractivity contribution is -0.118. The molecule has 1 atom stereocenters. The molecule has 17 heavy (non-hydrogen) atoms. The SMILES string of the molecule is CC(C)[C@H](N)C(=O)Nc1ccc(CCO)cc1. The summed E-state index contributed by atoms with van der Waals surface area (Å²) in [7, 11) is 0. The number of aliphatic hydroxyl groups excluding tert-OH is 1. The van der Waals surface area contributed by atoms with E-state index in [1.54, 1.807) is 0 Å². The van der Waals surface area contributed by atoms with Crippen LogP contribution in [0.4, 0.5) is 5.69 Å². The summed E-state index contributed by atoms with van der Waals surface area (Å²) >= 11 is 0. The first-order chi connectivity index (χ1) is 8.04. The molecule has 0 aliphatic heterocycles. The fourth-order valence-electron chi connectivity index (χ4n) is 1.41. The molecule has 0 unspecified atom stereocenters. The van der Waals surface area contributed by atoms with Crippen LogP contribution in [-0.2, 0) is 11.2 Å². The zero-order chi connectivity index (χ0) is 12.8. The van der Waals surface area contributed by atoms with Gasteiger partial charge in [-0.2, -0.15) is 0 Å². The lowest BCUT2D eigenvalue weighted by atomic mass is 10.0. The van der Waals surface area contributed by atoms with Crippen molar-refractivity contribution in [3.05, 3.63) is 29.8 Å². The molecule has 0 aromatic heterocycles. The zero-order valence-corrected chi connectivity index (χ0v) is 10.3. The molecule has 4 nitrogen and oxygen atoms in total. The molecule has 0 aliphatic rings. The molecule has 94 valence electrons. The Morgan fingerprint density at radius 1 is 1.35 bits per heavy atom. The Labute approximate surface area is 102 Å². The Morgan fingerprint density at radius 3 is 2.41 bits per heavy atom. The summed E-state index contributed by atoms with van der Waals surface area (Å²) in [5.74, 6) is -0.0569. The predicted molar refractivity (Wildman–Crippen MR) is 68.7 cm³/mol. The lowest BCUT2D eigenvalue weighted by Gasteiger charge is -2.15. The maximum atomic E-state index is 11.7. The van der Waals surface area contributed by atoms with E-state index in [1.807, 2.05) is 38.1 Å². The smallest absolute Gasteiger partial charge is 0.241 e. The van der Waals surface area contributed by atoms with E-state index in [0.717, 1.165) is 11.3 Å². The van der Waals surface area contributed by atoms with Gasteiger partial charge < -0.3 is 16.2 Å².